The SMILES string of the molecule is CC(C)N(Cc1ncc(C2OCCO2)s1)[C@@H](C)c1ccccc1. The van der Waals surface area contributed by atoms with Gasteiger partial charge in [-0.25, -0.2) is 4.98 Å². The van der Waals surface area contributed by atoms with E-state index in [-0.39, 0.29) is 6.29 Å². The quantitative estimate of drug-likeness (QED) is 0.795. The van der Waals surface area contributed by atoms with Crippen LogP contribution in [0.1, 0.15) is 48.6 Å². The van der Waals surface area contributed by atoms with Gasteiger partial charge in [-0.15, -0.1) is 11.3 Å². The molecule has 0 aliphatic carbocycles. The minimum absolute atomic E-state index is 0.222. The molecule has 0 spiro atoms. The van der Waals surface area contributed by atoms with E-state index in [4.69, 9.17) is 9.47 Å². The predicted molar refractivity (Wildman–Crippen MR) is 92.3 cm³/mol. The van der Waals surface area contributed by atoms with Crippen molar-refractivity contribution < 1.29 is 9.47 Å². The zero-order valence-corrected chi connectivity index (χ0v) is 14.8. The number of rotatable bonds is 6. The average Bonchev–Trinajstić information content (AvgIpc) is 3.23. The van der Waals surface area contributed by atoms with Crippen molar-refractivity contribution in [2.24, 2.45) is 0 Å². The lowest BCUT2D eigenvalue weighted by Gasteiger charge is -2.32. The average molecular weight is 332 g/mol. The van der Waals surface area contributed by atoms with Crippen molar-refractivity contribution in [1.82, 2.24) is 9.88 Å². The van der Waals surface area contributed by atoms with Crippen LogP contribution in [0, 0.1) is 0 Å². The first-order valence-corrected chi connectivity index (χ1v) is 8.95. The fraction of sp³-hybridized carbons (Fsp3) is 0.500. The largest absolute Gasteiger partial charge is 0.345 e. The fourth-order valence-electron chi connectivity index (χ4n) is 2.88. The van der Waals surface area contributed by atoms with Crippen LogP contribution in [0.2, 0.25) is 0 Å². The number of nitrogens with zero attached hydrogens (tertiary/aromatic N) is 2. The van der Waals surface area contributed by atoms with E-state index in [0.717, 1.165) is 16.4 Å². The zero-order chi connectivity index (χ0) is 16.2. The molecule has 1 fully saturated rings. The third kappa shape index (κ3) is 3.98. The lowest BCUT2D eigenvalue weighted by atomic mass is 10.1. The molecule has 2 heterocycles. The van der Waals surface area contributed by atoms with Crippen LogP contribution in [0.3, 0.4) is 0 Å². The Bertz CT molecular complexity index is 608. The molecule has 1 aromatic carbocycles. The van der Waals surface area contributed by atoms with Gasteiger partial charge in [0.25, 0.3) is 0 Å². The minimum Gasteiger partial charge on any atom is -0.345 e. The van der Waals surface area contributed by atoms with Crippen molar-refractivity contribution in [2.45, 2.75) is 45.7 Å². The summed E-state index contributed by atoms with van der Waals surface area (Å²) in [6.07, 6.45) is 1.67. The van der Waals surface area contributed by atoms with Gasteiger partial charge in [0.15, 0.2) is 6.29 Å². The maximum atomic E-state index is 5.56. The first kappa shape index (κ1) is 16.6. The summed E-state index contributed by atoms with van der Waals surface area (Å²) in [5.74, 6) is 0. The van der Waals surface area contributed by atoms with Gasteiger partial charge < -0.3 is 9.47 Å². The fourth-order valence-corrected chi connectivity index (χ4v) is 3.80. The van der Waals surface area contributed by atoms with Gasteiger partial charge in [-0.05, 0) is 26.3 Å². The Hall–Kier alpha value is -1.27. The van der Waals surface area contributed by atoms with E-state index < -0.39 is 0 Å². The summed E-state index contributed by atoms with van der Waals surface area (Å²) in [7, 11) is 0. The standard InChI is InChI=1S/C18H24N2O2S/c1-13(2)20(14(3)15-7-5-4-6-8-15)12-17-19-11-16(23-17)18-21-9-10-22-18/h4-8,11,13-14,18H,9-10,12H2,1-3H3/t14-/m0/s1. The second-order valence-corrected chi connectivity index (χ2v) is 7.23. The number of thiazole rings is 1. The molecule has 124 valence electrons. The lowest BCUT2D eigenvalue weighted by molar-refractivity contribution is -0.0414. The Morgan fingerprint density at radius 2 is 1.87 bits per heavy atom. The van der Waals surface area contributed by atoms with E-state index in [0.29, 0.717) is 25.3 Å². The van der Waals surface area contributed by atoms with Gasteiger partial charge in [-0.2, -0.15) is 0 Å². The smallest absolute Gasteiger partial charge is 0.194 e. The molecule has 3 rings (SSSR count). The van der Waals surface area contributed by atoms with E-state index in [1.165, 1.54) is 5.56 Å². The van der Waals surface area contributed by atoms with Crippen LogP contribution in [-0.4, -0.2) is 29.1 Å². The van der Waals surface area contributed by atoms with Gasteiger partial charge in [0.2, 0.25) is 0 Å². The summed E-state index contributed by atoms with van der Waals surface area (Å²) in [5, 5.41) is 1.11. The van der Waals surface area contributed by atoms with Gasteiger partial charge in [0.1, 0.15) is 5.01 Å². The number of aromatic nitrogens is 1. The highest BCUT2D eigenvalue weighted by molar-refractivity contribution is 7.11. The molecule has 4 nitrogen and oxygen atoms in total. The van der Waals surface area contributed by atoms with E-state index in [2.05, 4.69) is 61.0 Å². The van der Waals surface area contributed by atoms with Crippen molar-refractivity contribution in [3.8, 4) is 0 Å². The summed E-state index contributed by atoms with van der Waals surface area (Å²) in [6.45, 7) is 8.90. The molecule has 1 saturated heterocycles. The molecular weight excluding hydrogens is 308 g/mol. The van der Waals surface area contributed by atoms with Gasteiger partial charge >= 0.3 is 0 Å². The van der Waals surface area contributed by atoms with Crippen LogP contribution in [0.4, 0.5) is 0 Å². The third-order valence-corrected chi connectivity index (χ3v) is 5.19. The molecule has 0 amide bonds. The van der Waals surface area contributed by atoms with Crippen molar-refractivity contribution in [3.05, 3.63) is 52.0 Å². The predicted octanol–water partition coefficient (Wildman–Crippen LogP) is 4.16. The van der Waals surface area contributed by atoms with E-state index in [1.807, 2.05) is 6.20 Å². The molecule has 0 radical (unpaired) electrons. The number of hydrogen-bond acceptors (Lipinski definition) is 5. The summed E-state index contributed by atoms with van der Waals surface area (Å²) < 4.78 is 11.1. The van der Waals surface area contributed by atoms with E-state index >= 15 is 0 Å². The van der Waals surface area contributed by atoms with Crippen LogP contribution >= 0.6 is 11.3 Å². The van der Waals surface area contributed by atoms with Crippen LogP contribution in [0.5, 0.6) is 0 Å². The summed E-state index contributed by atoms with van der Waals surface area (Å²) >= 11 is 1.69. The third-order valence-electron chi connectivity index (χ3n) is 4.19. The highest BCUT2D eigenvalue weighted by Crippen LogP contribution is 2.30. The van der Waals surface area contributed by atoms with E-state index in [1.54, 1.807) is 11.3 Å². The molecule has 0 N–H and O–H groups in total. The summed E-state index contributed by atoms with van der Waals surface area (Å²) in [4.78, 5) is 8.11. The van der Waals surface area contributed by atoms with E-state index in [9.17, 15) is 0 Å². The van der Waals surface area contributed by atoms with Crippen molar-refractivity contribution >= 4 is 11.3 Å². The number of benzene rings is 1. The Kier molecular flexibility index (Phi) is 5.43. The summed E-state index contributed by atoms with van der Waals surface area (Å²) in [5.41, 5.74) is 1.33. The molecule has 5 heteroatoms. The Morgan fingerprint density at radius 3 is 2.52 bits per heavy atom. The molecule has 0 unspecified atom stereocenters. The first-order chi connectivity index (χ1) is 11.1. The first-order valence-electron chi connectivity index (χ1n) is 8.13. The molecule has 1 aliphatic heterocycles. The van der Waals surface area contributed by atoms with Crippen LogP contribution in [0.15, 0.2) is 36.5 Å². The van der Waals surface area contributed by atoms with Gasteiger partial charge in [0.05, 0.1) is 24.6 Å². The van der Waals surface area contributed by atoms with Gasteiger partial charge in [-0.1, -0.05) is 30.3 Å². The Morgan fingerprint density at radius 1 is 1.17 bits per heavy atom. The molecule has 1 aliphatic rings. The molecule has 0 bridgehead atoms. The van der Waals surface area contributed by atoms with Gasteiger partial charge in [0, 0.05) is 18.3 Å². The summed E-state index contributed by atoms with van der Waals surface area (Å²) in [6, 6.07) is 11.4. The maximum Gasteiger partial charge on any atom is 0.194 e. The van der Waals surface area contributed by atoms with Crippen LogP contribution in [-0.2, 0) is 16.0 Å². The Labute approximate surface area is 142 Å². The molecule has 1 atom stereocenters. The Balaban J connectivity index is 1.72. The second kappa shape index (κ2) is 7.53. The molecular formula is C18H24N2O2S. The van der Waals surface area contributed by atoms with Crippen LogP contribution < -0.4 is 0 Å². The minimum atomic E-state index is -0.222. The zero-order valence-electron chi connectivity index (χ0n) is 13.9. The molecule has 0 saturated carbocycles. The van der Waals surface area contributed by atoms with Crippen molar-refractivity contribution in [1.29, 1.82) is 0 Å². The number of hydrogen-bond donors (Lipinski definition) is 0. The lowest BCUT2D eigenvalue weighted by Crippen LogP contribution is -2.33. The normalized spacial score (nSPS) is 17.3. The monoisotopic (exact) mass is 332 g/mol. The molecule has 1 aromatic heterocycles. The second-order valence-electron chi connectivity index (χ2n) is 6.08. The maximum absolute atomic E-state index is 5.56. The topological polar surface area (TPSA) is 34.6 Å². The molecule has 2 aromatic rings. The molecule has 23 heavy (non-hydrogen) atoms. The van der Waals surface area contributed by atoms with Gasteiger partial charge in [-0.3, -0.25) is 4.90 Å². The highest BCUT2D eigenvalue weighted by atomic mass is 32.1. The highest BCUT2D eigenvalue weighted by Gasteiger charge is 2.23. The van der Waals surface area contributed by atoms with Crippen molar-refractivity contribution in [3.63, 3.8) is 0 Å². The van der Waals surface area contributed by atoms with Crippen molar-refractivity contribution in [2.75, 3.05) is 13.2 Å². The van der Waals surface area contributed by atoms with Crippen LogP contribution in [0.25, 0.3) is 0 Å². The number of ether oxygens (including phenoxy) is 2.